The Morgan fingerprint density at radius 1 is 1.12 bits per heavy atom. The van der Waals surface area contributed by atoms with Gasteiger partial charge in [-0.1, -0.05) is 18.2 Å². The normalized spacial score (nSPS) is 16.5. The second-order valence-corrected chi connectivity index (χ2v) is 5.95. The highest BCUT2D eigenvalue weighted by Gasteiger charge is 2.24. The smallest absolute Gasteiger partial charge is 0.326 e. The number of carbonyl (C=O) groups is 3. The highest BCUT2D eigenvalue weighted by molar-refractivity contribution is 5.96. The maximum Gasteiger partial charge on any atom is 0.326 e. The Hall–Kier alpha value is -2.41. The number of hydrogen-bond donors (Lipinski definition) is 2. The quantitative estimate of drug-likeness (QED) is 0.788. The minimum Gasteiger partial charge on any atom is -0.480 e. The van der Waals surface area contributed by atoms with Gasteiger partial charge in [0.15, 0.2) is 0 Å². The average Bonchev–Trinajstić information content (AvgIpc) is 2.59. The lowest BCUT2D eigenvalue weighted by Gasteiger charge is -2.32. The predicted octanol–water partition coefficient (Wildman–Crippen LogP) is 0.424. The molecule has 2 rings (SSSR count). The molecule has 1 atom stereocenters. The molecule has 1 fully saturated rings. The van der Waals surface area contributed by atoms with Gasteiger partial charge in [0.1, 0.15) is 6.04 Å². The van der Waals surface area contributed by atoms with Crippen molar-refractivity contribution in [3.05, 3.63) is 35.9 Å². The van der Waals surface area contributed by atoms with Crippen molar-refractivity contribution in [2.24, 2.45) is 0 Å². The number of piperazine rings is 1. The number of nitrogens with zero attached hydrogens (tertiary/aromatic N) is 2. The van der Waals surface area contributed by atoms with E-state index in [0.29, 0.717) is 18.7 Å². The number of likely N-dealkylation sites (N-methyl/N-ethyl adjacent to an activating group) is 1. The number of carboxylic acid groups (broad SMARTS) is 1. The molecule has 2 N–H and O–H groups in total. The Morgan fingerprint density at radius 2 is 1.75 bits per heavy atom. The number of carbonyl (C=O) groups excluding carboxylic acids is 2. The molecular formula is C17H23N3O4. The van der Waals surface area contributed by atoms with E-state index in [1.807, 2.05) is 7.05 Å². The van der Waals surface area contributed by atoms with Crippen molar-refractivity contribution >= 4 is 17.8 Å². The molecule has 0 bridgehead atoms. The monoisotopic (exact) mass is 333 g/mol. The van der Waals surface area contributed by atoms with Gasteiger partial charge >= 0.3 is 5.97 Å². The molecule has 7 heteroatoms. The summed E-state index contributed by atoms with van der Waals surface area (Å²) >= 11 is 0. The van der Waals surface area contributed by atoms with Gasteiger partial charge in [0.2, 0.25) is 5.91 Å². The van der Waals surface area contributed by atoms with Gasteiger partial charge in [0.05, 0.1) is 0 Å². The lowest BCUT2D eigenvalue weighted by molar-refractivity contribution is -0.139. The Kier molecular flexibility index (Phi) is 6.31. The molecule has 130 valence electrons. The summed E-state index contributed by atoms with van der Waals surface area (Å²) in [5.41, 5.74) is 0.397. The highest BCUT2D eigenvalue weighted by atomic mass is 16.4. The molecule has 1 aromatic rings. The number of aliphatic carboxylic acids is 1. The fourth-order valence-corrected chi connectivity index (χ4v) is 2.57. The molecule has 1 aliphatic rings. The highest BCUT2D eigenvalue weighted by Crippen LogP contribution is 2.07. The number of hydrogen-bond acceptors (Lipinski definition) is 4. The second-order valence-electron chi connectivity index (χ2n) is 5.95. The molecule has 1 heterocycles. The molecule has 1 aliphatic heterocycles. The van der Waals surface area contributed by atoms with E-state index in [0.717, 1.165) is 13.1 Å². The van der Waals surface area contributed by atoms with Crippen molar-refractivity contribution in [3.63, 3.8) is 0 Å². The topological polar surface area (TPSA) is 90.0 Å². The van der Waals surface area contributed by atoms with Crippen LogP contribution in [0, 0.1) is 0 Å². The summed E-state index contributed by atoms with van der Waals surface area (Å²) in [5, 5.41) is 11.8. The van der Waals surface area contributed by atoms with Crippen LogP contribution in [-0.2, 0) is 9.59 Å². The number of nitrogens with one attached hydrogen (secondary N) is 1. The second kappa shape index (κ2) is 8.44. The van der Waals surface area contributed by atoms with E-state index in [9.17, 15) is 19.5 Å². The maximum atomic E-state index is 12.2. The molecule has 0 aliphatic carbocycles. The third-order valence-electron chi connectivity index (χ3n) is 4.14. The van der Waals surface area contributed by atoms with E-state index in [1.54, 1.807) is 35.2 Å². The summed E-state index contributed by atoms with van der Waals surface area (Å²) in [6, 6.07) is 7.35. The van der Waals surface area contributed by atoms with Crippen LogP contribution < -0.4 is 5.32 Å². The molecule has 2 amide bonds. The zero-order valence-electron chi connectivity index (χ0n) is 13.8. The summed E-state index contributed by atoms with van der Waals surface area (Å²) in [6.07, 6.45) is 0.189. The van der Waals surface area contributed by atoms with Crippen molar-refractivity contribution in [1.29, 1.82) is 0 Å². The minimum atomic E-state index is -1.13. The first-order valence-corrected chi connectivity index (χ1v) is 8.02. The van der Waals surface area contributed by atoms with Crippen molar-refractivity contribution in [2.75, 3.05) is 33.2 Å². The number of carboxylic acids is 1. The Morgan fingerprint density at radius 3 is 2.33 bits per heavy atom. The molecule has 7 nitrogen and oxygen atoms in total. The van der Waals surface area contributed by atoms with Gasteiger partial charge in [-0.3, -0.25) is 9.59 Å². The molecule has 1 aromatic carbocycles. The van der Waals surface area contributed by atoms with Gasteiger partial charge in [0, 0.05) is 38.2 Å². The molecule has 0 saturated carbocycles. The van der Waals surface area contributed by atoms with Gasteiger partial charge in [-0.2, -0.15) is 0 Å². The first kappa shape index (κ1) is 17.9. The van der Waals surface area contributed by atoms with E-state index < -0.39 is 17.9 Å². The van der Waals surface area contributed by atoms with Gasteiger partial charge in [-0.05, 0) is 25.6 Å². The molecule has 0 aromatic heterocycles. The van der Waals surface area contributed by atoms with Crippen molar-refractivity contribution in [1.82, 2.24) is 15.1 Å². The van der Waals surface area contributed by atoms with Crippen LogP contribution in [0.2, 0.25) is 0 Å². The summed E-state index contributed by atoms with van der Waals surface area (Å²) in [6.45, 7) is 2.95. The van der Waals surface area contributed by atoms with Crippen LogP contribution >= 0.6 is 0 Å². The van der Waals surface area contributed by atoms with Crippen LogP contribution in [0.1, 0.15) is 23.2 Å². The van der Waals surface area contributed by atoms with Crippen LogP contribution in [0.4, 0.5) is 0 Å². The van der Waals surface area contributed by atoms with E-state index in [-0.39, 0.29) is 18.7 Å². The average molecular weight is 333 g/mol. The van der Waals surface area contributed by atoms with E-state index in [1.165, 1.54) is 0 Å². The minimum absolute atomic E-state index is 0.0664. The van der Waals surface area contributed by atoms with E-state index in [4.69, 9.17) is 0 Å². The molecular weight excluding hydrogens is 310 g/mol. The first-order valence-electron chi connectivity index (χ1n) is 8.02. The van der Waals surface area contributed by atoms with Gasteiger partial charge < -0.3 is 20.2 Å². The van der Waals surface area contributed by atoms with Crippen LogP contribution in [-0.4, -0.2) is 72.0 Å². The van der Waals surface area contributed by atoms with Crippen molar-refractivity contribution in [2.45, 2.75) is 18.9 Å². The van der Waals surface area contributed by atoms with Crippen LogP contribution in [0.15, 0.2) is 30.3 Å². The third-order valence-corrected chi connectivity index (χ3v) is 4.14. The van der Waals surface area contributed by atoms with Crippen LogP contribution in [0.5, 0.6) is 0 Å². The summed E-state index contributed by atoms with van der Waals surface area (Å²) in [7, 11) is 2.00. The molecule has 0 unspecified atom stereocenters. The summed E-state index contributed by atoms with van der Waals surface area (Å²) in [4.78, 5) is 39.5. The van der Waals surface area contributed by atoms with E-state index >= 15 is 0 Å². The number of benzene rings is 1. The molecule has 24 heavy (non-hydrogen) atoms. The molecule has 0 radical (unpaired) electrons. The Bertz CT molecular complexity index is 583. The van der Waals surface area contributed by atoms with E-state index in [2.05, 4.69) is 10.2 Å². The lowest BCUT2D eigenvalue weighted by Crippen LogP contribution is -2.48. The molecule has 1 saturated heterocycles. The number of amides is 2. The first-order chi connectivity index (χ1) is 11.5. The van der Waals surface area contributed by atoms with Crippen LogP contribution in [0.25, 0.3) is 0 Å². The van der Waals surface area contributed by atoms with Gasteiger partial charge in [0.25, 0.3) is 5.91 Å². The maximum absolute atomic E-state index is 12.2. The fraction of sp³-hybridized carbons (Fsp3) is 0.471. The van der Waals surface area contributed by atoms with Gasteiger partial charge in [-0.15, -0.1) is 0 Å². The standard InChI is InChI=1S/C17H23N3O4/c1-19-9-11-20(12-10-19)15(21)8-7-14(17(23)24)18-16(22)13-5-3-2-4-6-13/h2-6,14H,7-12H2,1H3,(H,18,22)(H,23,24)/t14-/m0/s1. The molecule has 0 spiro atoms. The fourth-order valence-electron chi connectivity index (χ4n) is 2.57. The SMILES string of the molecule is CN1CCN(C(=O)CC[C@H](NC(=O)c2ccccc2)C(=O)O)CC1. The van der Waals surface area contributed by atoms with Crippen molar-refractivity contribution in [3.8, 4) is 0 Å². The summed E-state index contributed by atoms with van der Waals surface area (Å²) in [5.74, 6) is -1.65. The lowest BCUT2D eigenvalue weighted by atomic mass is 10.1. The number of rotatable bonds is 6. The Labute approximate surface area is 141 Å². The van der Waals surface area contributed by atoms with Gasteiger partial charge in [-0.25, -0.2) is 4.79 Å². The third kappa shape index (κ3) is 5.06. The Balaban J connectivity index is 1.86. The van der Waals surface area contributed by atoms with Crippen molar-refractivity contribution < 1.29 is 19.5 Å². The predicted molar refractivity (Wildman–Crippen MR) is 88.6 cm³/mol. The largest absolute Gasteiger partial charge is 0.480 e. The zero-order chi connectivity index (χ0) is 17.5. The van der Waals surface area contributed by atoms with Crippen LogP contribution in [0.3, 0.4) is 0 Å². The zero-order valence-corrected chi connectivity index (χ0v) is 13.8. The summed E-state index contributed by atoms with van der Waals surface area (Å²) < 4.78 is 0.